The van der Waals surface area contributed by atoms with Crippen molar-refractivity contribution >= 4 is 21.5 Å². The van der Waals surface area contributed by atoms with E-state index in [0.717, 1.165) is 18.4 Å². The number of hydrogen-bond acceptors (Lipinski definition) is 7. The highest BCUT2D eigenvalue weighted by Crippen LogP contribution is 2.46. The highest BCUT2D eigenvalue weighted by molar-refractivity contribution is 7.90. The van der Waals surface area contributed by atoms with E-state index in [1.54, 1.807) is 26.0 Å². The number of aromatic hydroxyl groups is 2. The molecule has 0 aliphatic carbocycles. The lowest BCUT2D eigenvalue weighted by Crippen LogP contribution is -2.32. The number of aromatic nitrogens is 3. The van der Waals surface area contributed by atoms with Gasteiger partial charge in [0.15, 0.2) is 5.82 Å². The molecule has 0 unspecified atom stereocenters. The van der Waals surface area contributed by atoms with Crippen LogP contribution >= 0.6 is 0 Å². The van der Waals surface area contributed by atoms with Gasteiger partial charge in [-0.2, -0.15) is 5.10 Å². The van der Waals surface area contributed by atoms with E-state index in [-0.39, 0.29) is 29.1 Å². The molecule has 0 bridgehead atoms. The highest BCUT2D eigenvalue weighted by atomic mass is 32.2. The molecule has 0 fully saturated rings. The topological polar surface area (TPSA) is 145 Å². The van der Waals surface area contributed by atoms with Crippen molar-refractivity contribution in [2.45, 2.75) is 64.7 Å². The molecular weight excluding hydrogens is 480 g/mol. The van der Waals surface area contributed by atoms with Gasteiger partial charge in [0.05, 0.1) is 12.0 Å². The van der Waals surface area contributed by atoms with E-state index < -0.39 is 26.6 Å². The number of nitrogens with one attached hydrogen (secondary N) is 2. The third-order valence-corrected chi connectivity index (χ3v) is 7.23. The summed E-state index contributed by atoms with van der Waals surface area (Å²) in [5, 5.41) is 28.8. The fourth-order valence-electron chi connectivity index (χ4n) is 4.09. The van der Waals surface area contributed by atoms with Crippen molar-refractivity contribution in [3.05, 3.63) is 59.2 Å². The Labute approximate surface area is 211 Å². The van der Waals surface area contributed by atoms with Crippen LogP contribution in [0.3, 0.4) is 0 Å². The summed E-state index contributed by atoms with van der Waals surface area (Å²) in [6, 6.07) is 6.77. The molecule has 0 aliphatic rings. The van der Waals surface area contributed by atoms with Gasteiger partial charge in [0.25, 0.3) is 10.0 Å². The molecule has 0 saturated carbocycles. The van der Waals surface area contributed by atoms with Crippen molar-refractivity contribution in [2.75, 3.05) is 0 Å². The number of aromatic amines is 1. The number of phenols is 2. The van der Waals surface area contributed by atoms with Crippen LogP contribution < -0.4 is 4.72 Å². The Morgan fingerprint density at radius 1 is 1.17 bits per heavy atom. The molecular formula is C26H32N4O5S. The van der Waals surface area contributed by atoms with Gasteiger partial charge in [0.1, 0.15) is 22.2 Å². The van der Waals surface area contributed by atoms with E-state index in [9.17, 15) is 23.4 Å². The third-order valence-electron chi connectivity index (χ3n) is 5.74. The second kappa shape index (κ2) is 10.9. The zero-order chi connectivity index (χ0) is 26.6. The monoisotopic (exact) mass is 512 g/mol. The molecule has 2 aromatic carbocycles. The lowest BCUT2D eigenvalue weighted by molar-refractivity contribution is -0.118. The smallest absolute Gasteiger partial charge is 0.268 e. The number of benzene rings is 2. The maximum Gasteiger partial charge on any atom is 0.268 e. The summed E-state index contributed by atoms with van der Waals surface area (Å²) in [6.07, 6.45) is 2.30. The van der Waals surface area contributed by atoms with Crippen LogP contribution in [0.4, 0.5) is 0 Å². The van der Waals surface area contributed by atoms with Crippen molar-refractivity contribution in [3.8, 4) is 22.6 Å². The number of unbranched alkanes of at least 4 members (excludes halogenated alkanes) is 2. The van der Waals surface area contributed by atoms with E-state index in [4.69, 9.17) is 0 Å². The van der Waals surface area contributed by atoms with Gasteiger partial charge in [-0.05, 0) is 56.4 Å². The van der Waals surface area contributed by atoms with Gasteiger partial charge >= 0.3 is 0 Å². The SMILES string of the molecule is C=C(C)c1ccc(C)cc1-c1c(O)cc(CCCCC)c(S(=O)(=O)NC(=O)Cc2n[nH]c(C)n2)c1O. The van der Waals surface area contributed by atoms with E-state index in [0.29, 0.717) is 35.4 Å². The predicted octanol–water partition coefficient (Wildman–Crippen LogP) is 4.31. The molecule has 192 valence electrons. The van der Waals surface area contributed by atoms with Crippen molar-refractivity contribution in [1.82, 2.24) is 19.9 Å². The quantitative estimate of drug-likeness (QED) is 0.296. The van der Waals surface area contributed by atoms with Crippen molar-refractivity contribution in [3.63, 3.8) is 0 Å². The van der Waals surface area contributed by atoms with E-state index >= 15 is 0 Å². The maximum atomic E-state index is 13.5. The second-order valence-corrected chi connectivity index (χ2v) is 10.6. The molecule has 36 heavy (non-hydrogen) atoms. The average molecular weight is 513 g/mol. The van der Waals surface area contributed by atoms with Gasteiger partial charge in [-0.15, -0.1) is 0 Å². The molecule has 3 aromatic rings. The number of hydrogen-bond donors (Lipinski definition) is 4. The van der Waals surface area contributed by atoms with Gasteiger partial charge in [-0.25, -0.2) is 18.1 Å². The number of nitrogens with zero attached hydrogens (tertiary/aromatic N) is 2. The van der Waals surface area contributed by atoms with E-state index in [1.165, 1.54) is 6.07 Å². The lowest BCUT2D eigenvalue weighted by Gasteiger charge is -2.19. The summed E-state index contributed by atoms with van der Waals surface area (Å²) >= 11 is 0. The van der Waals surface area contributed by atoms with Crippen LogP contribution in [0.2, 0.25) is 0 Å². The molecule has 3 rings (SSSR count). The van der Waals surface area contributed by atoms with Crippen LogP contribution in [-0.2, 0) is 27.7 Å². The zero-order valence-corrected chi connectivity index (χ0v) is 21.8. The summed E-state index contributed by atoms with van der Waals surface area (Å²) in [6.45, 7) is 11.3. The Bertz CT molecular complexity index is 1410. The van der Waals surface area contributed by atoms with Crippen LogP contribution in [0.25, 0.3) is 16.7 Å². The molecule has 0 radical (unpaired) electrons. The van der Waals surface area contributed by atoms with Gasteiger partial charge in [-0.1, -0.05) is 55.7 Å². The van der Waals surface area contributed by atoms with Gasteiger partial charge < -0.3 is 10.2 Å². The molecule has 0 aliphatic heterocycles. The first-order valence-electron chi connectivity index (χ1n) is 11.7. The van der Waals surface area contributed by atoms with Crippen molar-refractivity contribution in [1.29, 1.82) is 0 Å². The summed E-state index contributed by atoms with van der Waals surface area (Å²) in [4.78, 5) is 16.2. The average Bonchev–Trinajstić information content (AvgIpc) is 3.17. The first-order chi connectivity index (χ1) is 16.9. The normalized spacial score (nSPS) is 11.4. The standard InChI is InChI=1S/C26H32N4O5S/c1-6-7-8-9-18-13-21(31)24(20-12-16(4)10-11-19(20)15(2)3)25(33)26(18)36(34,35)30-23(32)14-22-27-17(5)28-29-22/h10-13,31,33H,2,6-9,14H2,1,3-5H3,(H,30,32)(H,27,28,29). The van der Waals surface area contributed by atoms with Gasteiger partial charge in [0.2, 0.25) is 5.91 Å². The van der Waals surface area contributed by atoms with Gasteiger partial charge in [-0.3, -0.25) is 9.89 Å². The fourth-order valence-corrected chi connectivity index (χ4v) is 5.43. The molecule has 1 heterocycles. The molecule has 10 heteroatoms. The Balaban J connectivity index is 2.15. The maximum absolute atomic E-state index is 13.5. The van der Waals surface area contributed by atoms with Crippen LogP contribution in [0, 0.1) is 13.8 Å². The minimum absolute atomic E-state index is 0.0339. The number of phenolic OH excluding ortho intramolecular Hbond substituents is 2. The first kappa shape index (κ1) is 26.9. The number of amides is 1. The zero-order valence-electron chi connectivity index (χ0n) is 21.0. The number of H-pyrrole nitrogens is 1. The number of carbonyl (C=O) groups excluding carboxylic acids is 1. The summed E-state index contributed by atoms with van der Waals surface area (Å²) in [7, 11) is -4.51. The molecule has 4 N–H and O–H groups in total. The Hall–Kier alpha value is -3.66. The van der Waals surface area contributed by atoms with Crippen molar-refractivity contribution in [2.24, 2.45) is 0 Å². The van der Waals surface area contributed by atoms with Crippen LogP contribution in [0.15, 0.2) is 35.7 Å². The number of rotatable bonds is 10. The minimum Gasteiger partial charge on any atom is -0.507 e. The third kappa shape index (κ3) is 5.93. The minimum atomic E-state index is -4.51. The van der Waals surface area contributed by atoms with E-state index in [2.05, 4.69) is 21.8 Å². The first-order valence-corrected chi connectivity index (χ1v) is 13.2. The van der Waals surface area contributed by atoms with Crippen LogP contribution in [-0.4, -0.2) is 39.7 Å². The largest absolute Gasteiger partial charge is 0.507 e. The number of allylic oxidation sites excluding steroid dienone is 1. The Morgan fingerprint density at radius 3 is 2.50 bits per heavy atom. The summed E-state index contributed by atoms with van der Waals surface area (Å²) in [5.41, 5.74) is 2.80. The lowest BCUT2D eigenvalue weighted by atomic mass is 9.91. The predicted molar refractivity (Wildman–Crippen MR) is 138 cm³/mol. The molecule has 1 aromatic heterocycles. The molecule has 0 atom stereocenters. The molecule has 0 saturated heterocycles. The summed E-state index contributed by atoms with van der Waals surface area (Å²) in [5.74, 6) is -1.09. The Morgan fingerprint density at radius 2 is 1.89 bits per heavy atom. The van der Waals surface area contributed by atoms with Crippen LogP contribution in [0.5, 0.6) is 11.5 Å². The van der Waals surface area contributed by atoms with Gasteiger partial charge in [0, 0.05) is 0 Å². The Kier molecular flexibility index (Phi) is 8.19. The highest BCUT2D eigenvalue weighted by Gasteiger charge is 2.30. The van der Waals surface area contributed by atoms with Crippen molar-refractivity contribution < 1.29 is 23.4 Å². The number of aryl methyl sites for hydroxylation is 3. The number of carbonyl (C=O) groups is 1. The molecule has 0 spiro atoms. The number of sulfonamides is 1. The molecule has 1 amide bonds. The summed E-state index contributed by atoms with van der Waals surface area (Å²) < 4.78 is 28.9. The molecule has 9 nitrogen and oxygen atoms in total. The van der Waals surface area contributed by atoms with Crippen LogP contribution in [0.1, 0.15) is 61.4 Å². The second-order valence-electron chi connectivity index (χ2n) is 8.94. The fraction of sp³-hybridized carbons (Fsp3) is 0.346. The van der Waals surface area contributed by atoms with E-state index in [1.807, 2.05) is 24.6 Å².